The van der Waals surface area contributed by atoms with Crippen molar-refractivity contribution < 1.29 is 18.4 Å². The van der Waals surface area contributed by atoms with E-state index in [2.05, 4.69) is 26.8 Å². The first kappa shape index (κ1) is 13.3. The van der Waals surface area contributed by atoms with Crippen LogP contribution in [0.15, 0.2) is 45.5 Å². The lowest BCUT2D eigenvalue weighted by Crippen LogP contribution is -2.41. The van der Waals surface area contributed by atoms with E-state index in [0.29, 0.717) is 4.67 Å². The highest BCUT2D eigenvalue weighted by Crippen LogP contribution is 2.13. The van der Waals surface area contributed by atoms with Crippen LogP contribution >= 0.6 is 15.9 Å². The Bertz CT molecular complexity index is 627. The van der Waals surface area contributed by atoms with Crippen molar-refractivity contribution in [1.82, 2.24) is 10.9 Å². The molecule has 0 bridgehead atoms. The fourth-order valence-corrected chi connectivity index (χ4v) is 1.63. The number of hydrogen-bond donors (Lipinski definition) is 2. The zero-order valence-electron chi connectivity index (χ0n) is 9.44. The van der Waals surface area contributed by atoms with Crippen molar-refractivity contribution in [2.24, 2.45) is 0 Å². The highest BCUT2D eigenvalue weighted by atomic mass is 79.9. The molecule has 2 rings (SSSR count). The van der Waals surface area contributed by atoms with E-state index in [1.54, 1.807) is 0 Å². The van der Waals surface area contributed by atoms with Crippen LogP contribution in [0.1, 0.15) is 20.9 Å². The van der Waals surface area contributed by atoms with Crippen molar-refractivity contribution >= 4 is 27.7 Å². The summed E-state index contributed by atoms with van der Waals surface area (Å²) in [6.07, 6.45) is 0. The maximum atomic E-state index is 13.3. The van der Waals surface area contributed by atoms with Crippen LogP contribution < -0.4 is 10.9 Å². The molecule has 2 N–H and O–H groups in total. The van der Waals surface area contributed by atoms with Gasteiger partial charge in [0.15, 0.2) is 10.4 Å². The van der Waals surface area contributed by atoms with E-state index < -0.39 is 17.6 Å². The molecule has 98 valence electrons. The van der Waals surface area contributed by atoms with Gasteiger partial charge >= 0.3 is 5.91 Å². The highest BCUT2D eigenvalue weighted by molar-refractivity contribution is 9.10. The molecule has 2 aromatic rings. The van der Waals surface area contributed by atoms with Gasteiger partial charge in [-0.15, -0.1) is 0 Å². The average Bonchev–Trinajstić information content (AvgIpc) is 2.83. The van der Waals surface area contributed by atoms with Gasteiger partial charge in [0.2, 0.25) is 0 Å². The minimum absolute atomic E-state index is 0.0145. The summed E-state index contributed by atoms with van der Waals surface area (Å²) in [6, 6.07) is 8.40. The van der Waals surface area contributed by atoms with Gasteiger partial charge in [0.05, 0.1) is 5.56 Å². The molecule has 1 aromatic carbocycles. The summed E-state index contributed by atoms with van der Waals surface area (Å²) >= 11 is 3.04. The second-order valence-corrected chi connectivity index (χ2v) is 4.27. The molecule has 0 aliphatic carbocycles. The predicted molar refractivity (Wildman–Crippen MR) is 67.7 cm³/mol. The molecule has 0 saturated heterocycles. The molecule has 0 aliphatic rings. The number of amides is 2. The normalized spacial score (nSPS) is 10.0. The van der Waals surface area contributed by atoms with E-state index in [9.17, 15) is 14.0 Å². The minimum atomic E-state index is -0.753. The van der Waals surface area contributed by atoms with Crippen LogP contribution in [0.5, 0.6) is 0 Å². The molecule has 0 atom stereocenters. The molecular formula is C12H8BrFN2O3. The molecule has 5 nitrogen and oxygen atoms in total. The fraction of sp³-hybridized carbons (Fsp3) is 0. The Hall–Kier alpha value is -2.15. The van der Waals surface area contributed by atoms with Gasteiger partial charge in [0.1, 0.15) is 5.82 Å². The number of hydrazine groups is 1. The number of rotatable bonds is 2. The largest absolute Gasteiger partial charge is 0.444 e. The van der Waals surface area contributed by atoms with Crippen molar-refractivity contribution in [3.63, 3.8) is 0 Å². The summed E-state index contributed by atoms with van der Waals surface area (Å²) in [6.45, 7) is 0. The van der Waals surface area contributed by atoms with Crippen LogP contribution in [0.4, 0.5) is 4.39 Å². The first-order valence-corrected chi connectivity index (χ1v) is 5.98. The lowest BCUT2D eigenvalue weighted by molar-refractivity contribution is 0.0828. The SMILES string of the molecule is O=C(NNC(=O)c1ccccc1F)c1ccc(Br)o1. The van der Waals surface area contributed by atoms with Gasteiger partial charge in [-0.1, -0.05) is 12.1 Å². The summed E-state index contributed by atoms with van der Waals surface area (Å²) < 4.78 is 18.7. The zero-order valence-corrected chi connectivity index (χ0v) is 11.0. The van der Waals surface area contributed by atoms with Crippen LogP contribution in [-0.2, 0) is 0 Å². The Kier molecular flexibility index (Phi) is 3.96. The topological polar surface area (TPSA) is 71.3 Å². The minimum Gasteiger partial charge on any atom is -0.444 e. The Morgan fingerprint density at radius 3 is 2.37 bits per heavy atom. The Balaban J connectivity index is 1.98. The summed E-state index contributed by atoms with van der Waals surface area (Å²) in [5, 5.41) is 0. The van der Waals surface area contributed by atoms with Crippen molar-refractivity contribution in [2.45, 2.75) is 0 Å². The van der Waals surface area contributed by atoms with Gasteiger partial charge in [0, 0.05) is 0 Å². The molecule has 19 heavy (non-hydrogen) atoms. The number of nitrogens with one attached hydrogen (secondary N) is 2. The molecular weight excluding hydrogens is 319 g/mol. The van der Waals surface area contributed by atoms with Gasteiger partial charge in [-0.3, -0.25) is 20.4 Å². The first-order valence-electron chi connectivity index (χ1n) is 5.18. The molecule has 0 spiro atoms. The molecule has 2 amide bonds. The van der Waals surface area contributed by atoms with Crippen LogP contribution in [0.3, 0.4) is 0 Å². The molecule has 0 fully saturated rings. The quantitative estimate of drug-likeness (QED) is 0.831. The van der Waals surface area contributed by atoms with E-state index in [1.807, 2.05) is 0 Å². The third-order valence-electron chi connectivity index (χ3n) is 2.21. The van der Waals surface area contributed by atoms with Gasteiger partial charge in [-0.05, 0) is 40.2 Å². The zero-order chi connectivity index (χ0) is 13.8. The lowest BCUT2D eigenvalue weighted by atomic mass is 10.2. The van der Waals surface area contributed by atoms with Crippen LogP contribution in [0, 0.1) is 5.82 Å². The number of carbonyl (C=O) groups excluding carboxylic acids is 2. The lowest BCUT2D eigenvalue weighted by Gasteiger charge is -2.06. The van der Waals surface area contributed by atoms with Crippen molar-refractivity contribution in [2.75, 3.05) is 0 Å². The fourth-order valence-electron chi connectivity index (χ4n) is 1.32. The maximum Gasteiger partial charge on any atom is 0.305 e. The third-order valence-corrected chi connectivity index (χ3v) is 2.63. The second-order valence-electron chi connectivity index (χ2n) is 3.49. The summed E-state index contributed by atoms with van der Waals surface area (Å²) in [4.78, 5) is 23.1. The average molecular weight is 327 g/mol. The first-order chi connectivity index (χ1) is 9.08. The number of hydrogen-bond acceptors (Lipinski definition) is 3. The molecule has 0 radical (unpaired) electrons. The smallest absolute Gasteiger partial charge is 0.305 e. The van der Waals surface area contributed by atoms with Crippen LogP contribution in [-0.4, -0.2) is 11.8 Å². The molecule has 0 saturated carbocycles. The molecule has 0 aliphatic heterocycles. The number of halogens is 2. The number of carbonyl (C=O) groups is 2. The van der Waals surface area contributed by atoms with E-state index in [1.165, 1.54) is 30.3 Å². The van der Waals surface area contributed by atoms with Gasteiger partial charge < -0.3 is 4.42 Å². The number of furan rings is 1. The summed E-state index contributed by atoms with van der Waals surface area (Å²) in [7, 11) is 0. The molecule has 0 unspecified atom stereocenters. The highest BCUT2D eigenvalue weighted by Gasteiger charge is 2.14. The summed E-state index contributed by atoms with van der Waals surface area (Å²) in [5.41, 5.74) is 4.05. The van der Waals surface area contributed by atoms with Crippen LogP contribution in [0.2, 0.25) is 0 Å². The molecule has 1 aromatic heterocycles. The Morgan fingerprint density at radius 2 is 1.74 bits per heavy atom. The molecule has 7 heteroatoms. The Labute approximate surface area is 115 Å². The number of benzene rings is 1. The van der Waals surface area contributed by atoms with Crippen molar-refractivity contribution in [3.05, 3.63) is 58.2 Å². The molecule has 1 heterocycles. The van der Waals surface area contributed by atoms with Crippen molar-refractivity contribution in [3.8, 4) is 0 Å². The van der Waals surface area contributed by atoms with Gasteiger partial charge in [-0.2, -0.15) is 0 Å². The van der Waals surface area contributed by atoms with E-state index in [-0.39, 0.29) is 11.3 Å². The maximum absolute atomic E-state index is 13.3. The van der Waals surface area contributed by atoms with E-state index in [0.717, 1.165) is 6.07 Å². The standard InChI is InChI=1S/C12H8BrFN2O3/c13-10-6-5-9(19-10)12(18)16-15-11(17)7-3-1-2-4-8(7)14/h1-6H,(H,15,17)(H,16,18). The monoisotopic (exact) mass is 326 g/mol. The van der Waals surface area contributed by atoms with Crippen LogP contribution in [0.25, 0.3) is 0 Å². The van der Waals surface area contributed by atoms with Gasteiger partial charge in [-0.25, -0.2) is 4.39 Å². The Morgan fingerprint density at radius 1 is 1.05 bits per heavy atom. The van der Waals surface area contributed by atoms with Crippen molar-refractivity contribution in [1.29, 1.82) is 0 Å². The summed E-state index contributed by atoms with van der Waals surface area (Å²) in [5.74, 6) is -2.05. The predicted octanol–water partition coefficient (Wildman–Crippen LogP) is 2.26. The third kappa shape index (κ3) is 3.19. The second kappa shape index (κ2) is 5.66. The van der Waals surface area contributed by atoms with Gasteiger partial charge in [0.25, 0.3) is 5.91 Å². The van der Waals surface area contributed by atoms with E-state index in [4.69, 9.17) is 4.42 Å². The van der Waals surface area contributed by atoms with E-state index >= 15 is 0 Å².